The van der Waals surface area contributed by atoms with Crippen LogP contribution in [-0.4, -0.2) is 17.9 Å². The highest BCUT2D eigenvalue weighted by atomic mass is 16.2. The molecule has 1 aromatic rings. The van der Waals surface area contributed by atoms with Crippen LogP contribution in [0.25, 0.3) is 0 Å². The first-order chi connectivity index (χ1) is 8.45. The Kier molecular flexibility index (Phi) is 4.85. The number of hydrogen-bond donors (Lipinski definition) is 3. The third kappa shape index (κ3) is 3.56. The van der Waals surface area contributed by atoms with Gasteiger partial charge in [-0.3, -0.25) is 9.59 Å². The molecule has 5 N–H and O–H groups in total. The van der Waals surface area contributed by atoms with Crippen LogP contribution in [-0.2, 0) is 11.3 Å². The molecule has 0 aromatic heterocycles. The minimum absolute atomic E-state index is 0.0517. The van der Waals surface area contributed by atoms with E-state index in [0.717, 1.165) is 5.56 Å². The zero-order valence-corrected chi connectivity index (χ0v) is 10.6. The first kappa shape index (κ1) is 14.2. The minimum atomic E-state index is -0.668. The number of hydrogen-bond acceptors (Lipinski definition) is 3. The maximum absolute atomic E-state index is 12.0. The summed E-state index contributed by atoms with van der Waals surface area (Å²) in [4.78, 5) is 23.2. The van der Waals surface area contributed by atoms with E-state index in [2.05, 4.69) is 5.32 Å². The Labute approximate surface area is 107 Å². The second kappa shape index (κ2) is 6.16. The van der Waals surface area contributed by atoms with Crippen LogP contribution < -0.4 is 16.8 Å². The van der Waals surface area contributed by atoms with Gasteiger partial charge < -0.3 is 16.8 Å². The van der Waals surface area contributed by atoms with Crippen molar-refractivity contribution in [3.63, 3.8) is 0 Å². The normalized spacial score (nSPS) is 12.2. The summed E-state index contributed by atoms with van der Waals surface area (Å²) in [5.41, 5.74) is 12.1. The molecule has 1 aromatic carbocycles. The fraction of sp³-hybridized carbons (Fsp3) is 0.385. The van der Waals surface area contributed by atoms with Crippen LogP contribution in [0.1, 0.15) is 29.8 Å². The molecule has 5 nitrogen and oxygen atoms in total. The van der Waals surface area contributed by atoms with E-state index in [9.17, 15) is 9.59 Å². The molecule has 0 aliphatic rings. The van der Waals surface area contributed by atoms with Crippen LogP contribution >= 0.6 is 0 Å². The van der Waals surface area contributed by atoms with E-state index in [0.29, 0.717) is 12.1 Å². The second-order valence-electron chi connectivity index (χ2n) is 4.50. The first-order valence-corrected chi connectivity index (χ1v) is 5.85. The minimum Gasteiger partial charge on any atom is -0.368 e. The van der Waals surface area contributed by atoms with Crippen molar-refractivity contribution in [2.45, 2.75) is 26.4 Å². The molecule has 0 aliphatic heterocycles. The Morgan fingerprint density at radius 3 is 2.50 bits per heavy atom. The van der Waals surface area contributed by atoms with Crippen molar-refractivity contribution >= 4 is 11.8 Å². The average Bonchev–Trinajstić information content (AvgIpc) is 2.34. The summed E-state index contributed by atoms with van der Waals surface area (Å²) in [6.07, 6.45) is 0. The first-order valence-electron chi connectivity index (χ1n) is 5.85. The molecule has 0 heterocycles. The fourth-order valence-electron chi connectivity index (χ4n) is 1.63. The number of amides is 2. The highest BCUT2D eigenvalue weighted by Gasteiger charge is 2.22. The van der Waals surface area contributed by atoms with Gasteiger partial charge in [-0.2, -0.15) is 0 Å². The Morgan fingerprint density at radius 1 is 1.33 bits per heavy atom. The maximum atomic E-state index is 12.0. The van der Waals surface area contributed by atoms with Gasteiger partial charge in [-0.15, -0.1) is 0 Å². The Hall–Kier alpha value is -1.88. The van der Waals surface area contributed by atoms with Crippen molar-refractivity contribution in [3.05, 3.63) is 35.4 Å². The molecule has 0 saturated carbocycles. The van der Waals surface area contributed by atoms with Gasteiger partial charge in [0.1, 0.15) is 6.04 Å². The van der Waals surface area contributed by atoms with Crippen LogP contribution in [0.15, 0.2) is 24.3 Å². The quantitative estimate of drug-likeness (QED) is 0.703. The van der Waals surface area contributed by atoms with E-state index in [4.69, 9.17) is 11.5 Å². The van der Waals surface area contributed by atoms with Crippen LogP contribution in [0, 0.1) is 5.92 Å². The molecule has 0 saturated heterocycles. The zero-order valence-electron chi connectivity index (χ0n) is 10.6. The number of nitrogens with two attached hydrogens (primary N) is 2. The molecule has 0 aliphatic carbocycles. The van der Waals surface area contributed by atoms with E-state index in [1.165, 1.54) is 0 Å². The molecule has 1 rings (SSSR count). The van der Waals surface area contributed by atoms with E-state index in [1.807, 2.05) is 19.9 Å². The van der Waals surface area contributed by atoms with Crippen molar-refractivity contribution in [2.75, 3.05) is 0 Å². The molecule has 0 spiro atoms. The summed E-state index contributed by atoms with van der Waals surface area (Å²) in [5, 5.41) is 2.63. The van der Waals surface area contributed by atoms with Gasteiger partial charge in [0.25, 0.3) is 5.91 Å². The van der Waals surface area contributed by atoms with Gasteiger partial charge in [0.15, 0.2) is 0 Å². The summed E-state index contributed by atoms with van der Waals surface area (Å²) in [6.45, 7) is 4.02. The van der Waals surface area contributed by atoms with Crippen molar-refractivity contribution in [1.82, 2.24) is 5.32 Å². The number of rotatable bonds is 5. The largest absolute Gasteiger partial charge is 0.368 e. The summed E-state index contributed by atoms with van der Waals surface area (Å²) in [7, 11) is 0. The zero-order chi connectivity index (χ0) is 13.7. The van der Waals surface area contributed by atoms with Crippen LogP contribution in [0.3, 0.4) is 0 Å². The Morgan fingerprint density at radius 2 is 2.00 bits per heavy atom. The molecule has 98 valence electrons. The lowest BCUT2D eigenvalue weighted by Crippen LogP contribution is -2.47. The van der Waals surface area contributed by atoms with Gasteiger partial charge in [-0.05, 0) is 23.6 Å². The third-order valence-corrected chi connectivity index (χ3v) is 2.68. The predicted octanol–water partition coefficient (Wildman–Crippen LogP) is 0.385. The van der Waals surface area contributed by atoms with Gasteiger partial charge in [-0.25, -0.2) is 0 Å². The molecular weight excluding hydrogens is 230 g/mol. The molecule has 18 heavy (non-hydrogen) atoms. The van der Waals surface area contributed by atoms with Crippen molar-refractivity contribution in [2.24, 2.45) is 17.4 Å². The molecule has 2 amide bonds. The number of benzene rings is 1. The summed E-state index contributed by atoms with van der Waals surface area (Å²) in [5.74, 6) is -0.903. The van der Waals surface area contributed by atoms with Gasteiger partial charge >= 0.3 is 0 Å². The van der Waals surface area contributed by atoms with E-state index < -0.39 is 11.9 Å². The lowest BCUT2D eigenvalue weighted by molar-refractivity contribution is -0.120. The van der Waals surface area contributed by atoms with E-state index >= 15 is 0 Å². The van der Waals surface area contributed by atoms with Crippen molar-refractivity contribution < 1.29 is 9.59 Å². The molecule has 1 unspecified atom stereocenters. The molecule has 0 fully saturated rings. The molecular formula is C13H19N3O2. The van der Waals surface area contributed by atoms with E-state index in [-0.39, 0.29) is 11.8 Å². The summed E-state index contributed by atoms with van der Waals surface area (Å²) in [6, 6.07) is 6.30. The predicted molar refractivity (Wildman–Crippen MR) is 69.6 cm³/mol. The van der Waals surface area contributed by atoms with Gasteiger partial charge in [-0.1, -0.05) is 26.0 Å². The molecule has 0 bridgehead atoms. The summed E-state index contributed by atoms with van der Waals surface area (Å²) >= 11 is 0. The highest BCUT2D eigenvalue weighted by molar-refractivity contribution is 5.97. The summed E-state index contributed by atoms with van der Waals surface area (Å²) < 4.78 is 0. The second-order valence-corrected chi connectivity index (χ2v) is 4.50. The van der Waals surface area contributed by atoms with Crippen molar-refractivity contribution in [1.29, 1.82) is 0 Å². The van der Waals surface area contributed by atoms with Crippen LogP contribution in [0.2, 0.25) is 0 Å². The standard InChI is InChI=1S/C13H19N3O2/c1-8(2)11(12(15)17)16-13(18)10-5-3-4-9(6-10)7-14/h3-6,8,11H,7,14H2,1-2H3,(H2,15,17)(H,16,18). The maximum Gasteiger partial charge on any atom is 0.251 e. The average molecular weight is 249 g/mol. The number of carbonyl (C=O) groups is 2. The third-order valence-electron chi connectivity index (χ3n) is 2.68. The lowest BCUT2D eigenvalue weighted by atomic mass is 10.0. The lowest BCUT2D eigenvalue weighted by Gasteiger charge is -2.19. The highest BCUT2D eigenvalue weighted by Crippen LogP contribution is 2.07. The van der Waals surface area contributed by atoms with Crippen molar-refractivity contribution in [3.8, 4) is 0 Å². The number of primary amides is 1. The number of carbonyl (C=O) groups excluding carboxylic acids is 2. The fourth-order valence-corrected chi connectivity index (χ4v) is 1.63. The SMILES string of the molecule is CC(C)C(NC(=O)c1cccc(CN)c1)C(N)=O. The molecule has 5 heteroatoms. The topological polar surface area (TPSA) is 98.2 Å². The monoisotopic (exact) mass is 249 g/mol. The Balaban J connectivity index is 2.83. The van der Waals surface area contributed by atoms with Gasteiger partial charge in [0.2, 0.25) is 5.91 Å². The van der Waals surface area contributed by atoms with E-state index in [1.54, 1.807) is 18.2 Å². The smallest absolute Gasteiger partial charge is 0.251 e. The molecule has 1 atom stereocenters. The molecule has 0 radical (unpaired) electrons. The van der Waals surface area contributed by atoms with Crippen LogP contribution in [0.5, 0.6) is 0 Å². The Bertz CT molecular complexity index is 444. The van der Waals surface area contributed by atoms with Gasteiger partial charge in [0.05, 0.1) is 0 Å². The van der Waals surface area contributed by atoms with Crippen LogP contribution in [0.4, 0.5) is 0 Å². The van der Waals surface area contributed by atoms with Gasteiger partial charge in [0, 0.05) is 12.1 Å². The number of nitrogens with one attached hydrogen (secondary N) is 1.